The van der Waals surface area contributed by atoms with E-state index in [1.165, 1.54) is 30.0 Å². The quantitative estimate of drug-likeness (QED) is 0.629. The van der Waals surface area contributed by atoms with E-state index >= 15 is 0 Å². The SMILES string of the molecule is CCCCNCC1CCN(c2nccc(-c3ccc4ccccc4c3)n2)C1. The van der Waals surface area contributed by atoms with Gasteiger partial charge in [-0.15, -0.1) is 0 Å². The highest BCUT2D eigenvalue weighted by Crippen LogP contribution is 2.26. The molecule has 0 spiro atoms. The van der Waals surface area contributed by atoms with Gasteiger partial charge in [0.2, 0.25) is 5.95 Å². The van der Waals surface area contributed by atoms with E-state index in [0.29, 0.717) is 5.92 Å². The third-order valence-corrected chi connectivity index (χ3v) is 5.40. The fourth-order valence-electron chi connectivity index (χ4n) is 3.80. The Labute approximate surface area is 161 Å². The number of rotatable bonds is 7. The molecule has 4 heteroatoms. The summed E-state index contributed by atoms with van der Waals surface area (Å²) in [6.45, 7) is 6.54. The van der Waals surface area contributed by atoms with E-state index in [9.17, 15) is 0 Å². The van der Waals surface area contributed by atoms with E-state index in [1.807, 2.05) is 12.3 Å². The Hall–Kier alpha value is -2.46. The Morgan fingerprint density at radius 3 is 2.89 bits per heavy atom. The molecule has 0 saturated carbocycles. The van der Waals surface area contributed by atoms with Crippen molar-refractivity contribution in [1.29, 1.82) is 0 Å². The highest BCUT2D eigenvalue weighted by molar-refractivity contribution is 5.86. The molecule has 1 saturated heterocycles. The molecule has 1 aliphatic heterocycles. The molecular formula is C23H28N4. The molecule has 0 aliphatic carbocycles. The standard InChI is InChI=1S/C23H28N4/c1-2-3-12-24-16-18-11-14-27(17-18)23-25-13-10-22(26-23)21-9-8-19-6-4-5-7-20(19)15-21/h4-10,13,15,18,24H,2-3,11-12,14,16-17H2,1H3. The normalized spacial score (nSPS) is 16.9. The minimum Gasteiger partial charge on any atom is -0.340 e. The van der Waals surface area contributed by atoms with Gasteiger partial charge in [0.1, 0.15) is 0 Å². The fraction of sp³-hybridized carbons (Fsp3) is 0.391. The molecule has 1 aromatic heterocycles. The van der Waals surface area contributed by atoms with Gasteiger partial charge in [-0.3, -0.25) is 0 Å². The van der Waals surface area contributed by atoms with Crippen LogP contribution in [0.25, 0.3) is 22.0 Å². The van der Waals surface area contributed by atoms with Crippen LogP contribution in [0.5, 0.6) is 0 Å². The lowest BCUT2D eigenvalue weighted by Gasteiger charge is -2.17. The van der Waals surface area contributed by atoms with Crippen LogP contribution in [0.3, 0.4) is 0 Å². The molecule has 1 unspecified atom stereocenters. The second-order valence-corrected chi connectivity index (χ2v) is 7.46. The predicted octanol–water partition coefficient (Wildman–Crippen LogP) is 4.51. The van der Waals surface area contributed by atoms with Gasteiger partial charge in [0.05, 0.1) is 5.69 Å². The van der Waals surface area contributed by atoms with E-state index in [-0.39, 0.29) is 0 Å². The zero-order chi connectivity index (χ0) is 18.5. The maximum absolute atomic E-state index is 4.87. The minimum atomic E-state index is 0.690. The number of nitrogens with one attached hydrogen (secondary N) is 1. The lowest BCUT2D eigenvalue weighted by atomic mass is 10.1. The minimum absolute atomic E-state index is 0.690. The van der Waals surface area contributed by atoms with Crippen molar-refractivity contribution in [3.05, 3.63) is 54.7 Å². The third-order valence-electron chi connectivity index (χ3n) is 5.40. The molecule has 4 rings (SSSR count). The van der Waals surface area contributed by atoms with Gasteiger partial charge in [0, 0.05) is 24.8 Å². The Morgan fingerprint density at radius 1 is 1.11 bits per heavy atom. The Morgan fingerprint density at radius 2 is 2.00 bits per heavy atom. The van der Waals surface area contributed by atoms with Crippen molar-refractivity contribution < 1.29 is 0 Å². The number of aromatic nitrogens is 2. The van der Waals surface area contributed by atoms with Crippen LogP contribution in [0.15, 0.2) is 54.7 Å². The molecule has 3 aromatic rings. The summed E-state index contributed by atoms with van der Waals surface area (Å²) in [5.74, 6) is 1.55. The predicted molar refractivity (Wildman–Crippen MR) is 113 cm³/mol. The summed E-state index contributed by atoms with van der Waals surface area (Å²) in [5.41, 5.74) is 2.14. The zero-order valence-electron chi connectivity index (χ0n) is 16.1. The molecule has 0 radical (unpaired) electrons. The largest absolute Gasteiger partial charge is 0.340 e. The second-order valence-electron chi connectivity index (χ2n) is 7.46. The summed E-state index contributed by atoms with van der Waals surface area (Å²) >= 11 is 0. The Bertz CT molecular complexity index is 892. The third kappa shape index (κ3) is 4.28. The molecule has 0 amide bonds. The number of fused-ring (bicyclic) bond motifs is 1. The van der Waals surface area contributed by atoms with Crippen molar-refractivity contribution in [2.24, 2.45) is 5.92 Å². The van der Waals surface area contributed by atoms with Gasteiger partial charge >= 0.3 is 0 Å². The monoisotopic (exact) mass is 360 g/mol. The molecule has 2 aromatic carbocycles. The van der Waals surface area contributed by atoms with Crippen molar-refractivity contribution in [3.63, 3.8) is 0 Å². The van der Waals surface area contributed by atoms with Crippen molar-refractivity contribution in [2.75, 3.05) is 31.1 Å². The first-order chi connectivity index (χ1) is 13.3. The molecule has 1 atom stereocenters. The molecule has 140 valence electrons. The maximum Gasteiger partial charge on any atom is 0.225 e. The summed E-state index contributed by atoms with van der Waals surface area (Å²) in [7, 11) is 0. The first kappa shape index (κ1) is 17.9. The highest BCUT2D eigenvalue weighted by Gasteiger charge is 2.24. The van der Waals surface area contributed by atoms with E-state index in [2.05, 4.69) is 64.6 Å². The number of unbranched alkanes of at least 4 members (excludes halogenated alkanes) is 1. The Balaban J connectivity index is 1.46. The van der Waals surface area contributed by atoms with Crippen LogP contribution >= 0.6 is 0 Å². The van der Waals surface area contributed by atoms with Gasteiger partial charge < -0.3 is 10.2 Å². The number of hydrogen-bond donors (Lipinski definition) is 1. The molecule has 2 heterocycles. The molecule has 27 heavy (non-hydrogen) atoms. The van der Waals surface area contributed by atoms with Crippen molar-refractivity contribution in [2.45, 2.75) is 26.2 Å². The molecule has 1 fully saturated rings. The van der Waals surface area contributed by atoms with E-state index < -0.39 is 0 Å². The van der Waals surface area contributed by atoms with Crippen LogP contribution in [-0.4, -0.2) is 36.1 Å². The van der Waals surface area contributed by atoms with Gasteiger partial charge in [-0.25, -0.2) is 9.97 Å². The topological polar surface area (TPSA) is 41.0 Å². The second kappa shape index (κ2) is 8.49. The lowest BCUT2D eigenvalue weighted by molar-refractivity contribution is 0.509. The average Bonchev–Trinajstić information content (AvgIpc) is 3.20. The summed E-state index contributed by atoms with van der Waals surface area (Å²) in [5, 5.41) is 6.09. The van der Waals surface area contributed by atoms with Crippen LogP contribution in [-0.2, 0) is 0 Å². The van der Waals surface area contributed by atoms with Gasteiger partial charge in [-0.1, -0.05) is 49.7 Å². The smallest absolute Gasteiger partial charge is 0.225 e. The average molecular weight is 361 g/mol. The van der Waals surface area contributed by atoms with Gasteiger partial charge in [0.25, 0.3) is 0 Å². The number of hydrogen-bond acceptors (Lipinski definition) is 4. The van der Waals surface area contributed by atoms with Crippen LogP contribution in [0.1, 0.15) is 26.2 Å². The first-order valence-corrected chi connectivity index (χ1v) is 10.1. The summed E-state index contributed by atoms with van der Waals surface area (Å²) in [4.78, 5) is 11.7. The van der Waals surface area contributed by atoms with E-state index in [4.69, 9.17) is 4.98 Å². The van der Waals surface area contributed by atoms with Gasteiger partial charge in [-0.2, -0.15) is 0 Å². The van der Waals surface area contributed by atoms with Crippen LogP contribution < -0.4 is 10.2 Å². The fourth-order valence-corrected chi connectivity index (χ4v) is 3.80. The van der Waals surface area contributed by atoms with Gasteiger partial charge in [0.15, 0.2) is 0 Å². The lowest BCUT2D eigenvalue weighted by Crippen LogP contribution is -2.27. The Kier molecular flexibility index (Phi) is 5.64. The number of benzene rings is 2. The summed E-state index contributed by atoms with van der Waals surface area (Å²) < 4.78 is 0. The first-order valence-electron chi connectivity index (χ1n) is 10.1. The zero-order valence-corrected chi connectivity index (χ0v) is 16.1. The van der Waals surface area contributed by atoms with Crippen LogP contribution in [0.4, 0.5) is 5.95 Å². The molecular weight excluding hydrogens is 332 g/mol. The van der Waals surface area contributed by atoms with Crippen molar-refractivity contribution in [3.8, 4) is 11.3 Å². The molecule has 4 nitrogen and oxygen atoms in total. The molecule has 1 N–H and O–H groups in total. The summed E-state index contributed by atoms with van der Waals surface area (Å²) in [6, 6.07) is 17.0. The molecule has 0 bridgehead atoms. The van der Waals surface area contributed by atoms with E-state index in [0.717, 1.165) is 43.4 Å². The van der Waals surface area contributed by atoms with Gasteiger partial charge in [-0.05, 0) is 54.8 Å². The molecule has 1 aliphatic rings. The maximum atomic E-state index is 4.87. The van der Waals surface area contributed by atoms with Crippen LogP contribution in [0.2, 0.25) is 0 Å². The van der Waals surface area contributed by atoms with Crippen LogP contribution in [0, 0.1) is 5.92 Å². The summed E-state index contributed by atoms with van der Waals surface area (Å²) in [6.07, 6.45) is 5.61. The van der Waals surface area contributed by atoms with E-state index in [1.54, 1.807) is 0 Å². The number of nitrogens with zero attached hydrogens (tertiary/aromatic N) is 3. The number of anilines is 1. The van der Waals surface area contributed by atoms with Crippen molar-refractivity contribution >= 4 is 16.7 Å². The van der Waals surface area contributed by atoms with Crippen molar-refractivity contribution in [1.82, 2.24) is 15.3 Å². The highest BCUT2D eigenvalue weighted by atomic mass is 15.3.